The molecule has 0 atom stereocenters. The molecule has 0 spiro atoms. The van der Waals surface area contributed by atoms with Crippen LogP contribution >= 0.6 is 11.3 Å². The smallest absolute Gasteiger partial charge is 0.339 e. The first-order valence-electron chi connectivity index (χ1n) is 9.20. The van der Waals surface area contributed by atoms with E-state index in [1.54, 1.807) is 49.2 Å². The highest BCUT2D eigenvalue weighted by Gasteiger charge is 2.21. The van der Waals surface area contributed by atoms with Crippen molar-refractivity contribution in [2.45, 2.75) is 6.92 Å². The molecule has 30 heavy (non-hydrogen) atoms. The lowest BCUT2D eigenvalue weighted by Crippen LogP contribution is -2.15. The predicted octanol–water partition coefficient (Wildman–Crippen LogP) is 4.05. The van der Waals surface area contributed by atoms with E-state index in [-0.39, 0.29) is 12.4 Å². The van der Waals surface area contributed by atoms with E-state index in [0.29, 0.717) is 39.3 Å². The number of aryl methyl sites for hydroxylation is 2. The maximum absolute atomic E-state index is 12.9. The van der Waals surface area contributed by atoms with Gasteiger partial charge in [0.05, 0.1) is 34.3 Å². The van der Waals surface area contributed by atoms with Crippen molar-refractivity contribution in [3.05, 3.63) is 64.7 Å². The first-order valence-corrected chi connectivity index (χ1v) is 10.1. The van der Waals surface area contributed by atoms with Gasteiger partial charge in [-0.2, -0.15) is 5.10 Å². The second kappa shape index (κ2) is 8.08. The van der Waals surface area contributed by atoms with Gasteiger partial charge in [-0.15, -0.1) is 11.3 Å². The Kier molecular flexibility index (Phi) is 5.33. The number of carbonyl (C=O) groups excluding carboxylic acids is 2. The molecule has 8 heteroatoms. The van der Waals surface area contributed by atoms with Crippen molar-refractivity contribution in [3.63, 3.8) is 0 Å². The summed E-state index contributed by atoms with van der Waals surface area (Å²) in [6.07, 6.45) is 0. The number of esters is 1. The zero-order chi connectivity index (χ0) is 21.3. The Balaban J connectivity index is 1.62. The summed E-state index contributed by atoms with van der Waals surface area (Å²) in [6.45, 7) is 1.46. The zero-order valence-electron chi connectivity index (χ0n) is 16.7. The Morgan fingerprint density at radius 2 is 1.93 bits per heavy atom. The molecule has 3 heterocycles. The molecule has 0 aliphatic carbocycles. The molecule has 152 valence electrons. The number of rotatable bonds is 6. The molecule has 4 rings (SSSR count). The van der Waals surface area contributed by atoms with Crippen molar-refractivity contribution in [1.29, 1.82) is 0 Å². The van der Waals surface area contributed by atoms with Crippen LogP contribution in [0.2, 0.25) is 0 Å². The molecule has 7 nitrogen and oxygen atoms in total. The maximum Gasteiger partial charge on any atom is 0.339 e. The van der Waals surface area contributed by atoms with Gasteiger partial charge in [0.1, 0.15) is 5.75 Å². The summed E-state index contributed by atoms with van der Waals surface area (Å²) < 4.78 is 12.1. The van der Waals surface area contributed by atoms with Crippen LogP contribution in [-0.4, -0.2) is 40.2 Å². The van der Waals surface area contributed by atoms with Gasteiger partial charge in [0.25, 0.3) is 0 Å². The van der Waals surface area contributed by atoms with Crippen molar-refractivity contribution in [1.82, 2.24) is 14.8 Å². The number of Topliss-reactive ketones (excluding diaryl/α,β-unsaturated/α-hetero) is 1. The van der Waals surface area contributed by atoms with Gasteiger partial charge in [-0.1, -0.05) is 6.07 Å². The number of ketones is 1. The Morgan fingerprint density at radius 1 is 1.17 bits per heavy atom. The minimum absolute atomic E-state index is 0.294. The zero-order valence-corrected chi connectivity index (χ0v) is 17.5. The van der Waals surface area contributed by atoms with Crippen molar-refractivity contribution in [2.75, 3.05) is 13.7 Å². The number of methoxy groups -OCH3 is 1. The molecular weight excluding hydrogens is 402 g/mol. The van der Waals surface area contributed by atoms with Crippen LogP contribution in [0.15, 0.2) is 47.8 Å². The first-order chi connectivity index (χ1) is 14.5. The number of hydrogen-bond acceptors (Lipinski definition) is 7. The SMILES string of the molecule is COc1ccc(C(=O)COC(=O)c2cc(-c3cccs3)nc3c2c(C)nn3C)cc1. The van der Waals surface area contributed by atoms with Crippen LogP contribution < -0.4 is 4.74 Å². The monoisotopic (exact) mass is 421 g/mol. The number of nitrogens with zero attached hydrogens (tertiary/aromatic N) is 3. The maximum atomic E-state index is 12.9. The molecule has 0 bridgehead atoms. The minimum Gasteiger partial charge on any atom is -0.497 e. The van der Waals surface area contributed by atoms with Crippen LogP contribution in [0.4, 0.5) is 0 Å². The Morgan fingerprint density at radius 3 is 2.60 bits per heavy atom. The van der Waals surface area contributed by atoms with Crippen molar-refractivity contribution in [3.8, 4) is 16.3 Å². The van der Waals surface area contributed by atoms with Crippen molar-refractivity contribution < 1.29 is 19.1 Å². The van der Waals surface area contributed by atoms with E-state index < -0.39 is 5.97 Å². The number of hydrogen-bond donors (Lipinski definition) is 0. The van der Waals surface area contributed by atoms with Gasteiger partial charge in [-0.25, -0.2) is 9.78 Å². The highest BCUT2D eigenvalue weighted by Crippen LogP contribution is 2.29. The topological polar surface area (TPSA) is 83.3 Å². The van der Waals surface area contributed by atoms with E-state index in [4.69, 9.17) is 9.47 Å². The van der Waals surface area contributed by atoms with Gasteiger partial charge in [0, 0.05) is 12.6 Å². The van der Waals surface area contributed by atoms with Crippen molar-refractivity contribution in [2.24, 2.45) is 7.05 Å². The molecule has 0 N–H and O–H groups in total. The Hall–Kier alpha value is -3.52. The fraction of sp³-hybridized carbons (Fsp3) is 0.182. The van der Waals surface area contributed by atoms with Crippen LogP contribution in [0.3, 0.4) is 0 Å². The van der Waals surface area contributed by atoms with E-state index in [2.05, 4.69) is 10.1 Å². The lowest BCUT2D eigenvalue weighted by molar-refractivity contribution is 0.0476. The number of carbonyl (C=O) groups is 2. The number of pyridine rings is 1. The highest BCUT2D eigenvalue weighted by molar-refractivity contribution is 7.13. The molecular formula is C22H19N3O4S. The van der Waals surface area contributed by atoms with Crippen LogP contribution in [0.5, 0.6) is 5.75 Å². The Bertz CT molecular complexity index is 1230. The number of aromatic nitrogens is 3. The Labute approximate surface area is 176 Å². The largest absolute Gasteiger partial charge is 0.497 e. The third-order valence-corrected chi connectivity index (χ3v) is 5.60. The standard InChI is InChI=1S/C22H19N3O4S/c1-13-20-16(11-17(19-5-4-10-30-19)23-21(20)25(2)24-13)22(27)29-12-18(26)14-6-8-15(28-3)9-7-14/h4-11H,12H2,1-3H3. The van der Waals surface area contributed by atoms with Crippen LogP contribution in [0.1, 0.15) is 26.4 Å². The molecule has 0 aliphatic heterocycles. The van der Waals surface area contributed by atoms with Gasteiger partial charge in [-0.05, 0) is 48.7 Å². The van der Waals surface area contributed by atoms with Gasteiger partial charge >= 0.3 is 5.97 Å². The molecule has 3 aromatic heterocycles. The van der Waals surface area contributed by atoms with E-state index in [9.17, 15) is 9.59 Å². The summed E-state index contributed by atoms with van der Waals surface area (Å²) >= 11 is 1.53. The van der Waals surface area contributed by atoms with Crippen LogP contribution in [0.25, 0.3) is 21.6 Å². The molecule has 0 radical (unpaired) electrons. The third-order valence-electron chi connectivity index (χ3n) is 4.71. The lowest BCUT2D eigenvalue weighted by atomic mass is 10.1. The summed E-state index contributed by atoms with van der Waals surface area (Å²) in [5, 5.41) is 6.96. The second-order valence-electron chi connectivity index (χ2n) is 6.67. The summed E-state index contributed by atoms with van der Waals surface area (Å²) in [5.74, 6) is -0.230. The van der Waals surface area contributed by atoms with Crippen LogP contribution in [0, 0.1) is 6.92 Å². The number of ether oxygens (including phenoxy) is 2. The normalized spacial score (nSPS) is 10.9. The van der Waals surface area contributed by atoms with Gasteiger partial charge in [0.15, 0.2) is 18.0 Å². The molecule has 0 saturated heterocycles. The molecule has 4 aromatic rings. The molecule has 0 fully saturated rings. The molecule has 0 unspecified atom stereocenters. The minimum atomic E-state index is -0.585. The first kappa shape index (κ1) is 19.8. The summed E-state index contributed by atoms with van der Waals surface area (Å²) in [4.78, 5) is 30.9. The molecule has 1 aromatic carbocycles. The van der Waals surface area contributed by atoms with Gasteiger partial charge in [0.2, 0.25) is 0 Å². The number of benzene rings is 1. The van der Waals surface area contributed by atoms with E-state index in [1.165, 1.54) is 11.3 Å². The summed E-state index contributed by atoms with van der Waals surface area (Å²) in [6, 6.07) is 12.2. The fourth-order valence-corrected chi connectivity index (χ4v) is 3.91. The average Bonchev–Trinajstić information content (AvgIpc) is 3.40. The second-order valence-corrected chi connectivity index (χ2v) is 7.62. The lowest BCUT2D eigenvalue weighted by Gasteiger charge is -2.08. The molecule has 0 aliphatic rings. The predicted molar refractivity (Wildman–Crippen MR) is 114 cm³/mol. The van der Waals surface area contributed by atoms with E-state index in [0.717, 1.165) is 4.88 Å². The van der Waals surface area contributed by atoms with E-state index >= 15 is 0 Å². The molecule has 0 saturated carbocycles. The third kappa shape index (κ3) is 3.69. The van der Waals surface area contributed by atoms with Crippen molar-refractivity contribution >= 4 is 34.1 Å². The highest BCUT2D eigenvalue weighted by atomic mass is 32.1. The number of thiophene rings is 1. The summed E-state index contributed by atoms with van der Waals surface area (Å²) in [7, 11) is 3.34. The van der Waals surface area contributed by atoms with E-state index in [1.807, 2.05) is 24.4 Å². The quantitative estimate of drug-likeness (QED) is 0.345. The van der Waals surface area contributed by atoms with Gasteiger partial charge < -0.3 is 9.47 Å². The van der Waals surface area contributed by atoms with Crippen LogP contribution in [-0.2, 0) is 11.8 Å². The number of fused-ring (bicyclic) bond motifs is 1. The average molecular weight is 421 g/mol. The van der Waals surface area contributed by atoms with Gasteiger partial charge in [-0.3, -0.25) is 9.48 Å². The summed E-state index contributed by atoms with van der Waals surface area (Å²) in [5.41, 5.74) is 2.71. The fourth-order valence-electron chi connectivity index (χ4n) is 3.23. The molecule has 0 amide bonds.